The molecule has 0 saturated heterocycles. The van der Waals surface area contributed by atoms with E-state index < -0.39 is 0 Å². The van der Waals surface area contributed by atoms with Crippen LogP contribution in [-0.4, -0.2) is 33.1 Å². The summed E-state index contributed by atoms with van der Waals surface area (Å²) >= 11 is 0. The monoisotopic (exact) mass is 176 g/mol. The van der Waals surface area contributed by atoms with E-state index in [0.29, 0.717) is 5.59 Å². The van der Waals surface area contributed by atoms with Gasteiger partial charge < -0.3 is 10.1 Å². The Morgan fingerprint density at radius 2 is 2.38 bits per heavy atom. The van der Waals surface area contributed by atoms with Crippen molar-refractivity contribution in [3.63, 3.8) is 0 Å². The van der Waals surface area contributed by atoms with Crippen molar-refractivity contribution in [1.29, 1.82) is 0 Å². The minimum atomic E-state index is 0.556. The number of methoxy groups -OCH3 is 1. The molecule has 0 aliphatic heterocycles. The van der Waals surface area contributed by atoms with Crippen molar-refractivity contribution in [3.05, 3.63) is 23.9 Å². The van der Waals surface area contributed by atoms with E-state index in [1.54, 1.807) is 19.4 Å². The van der Waals surface area contributed by atoms with E-state index in [0.717, 1.165) is 25.3 Å². The summed E-state index contributed by atoms with van der Waals surface area (Å²) in [4.78, 5) is 3.98. The second kappa shape index (κ2) is 5.72. The SMILES string of the molecule is [B]c1ccc(CNCCOC)cn1. The number of pyridine rings is 1. The Bertz CT molecular complexity index is 238. The third-order valence-electron chi connectivity index (χ3n) is 1.66. The van der Waals surface area contributed by atoms with Crippen LogP contribution in [-0.2, 0) is 11.3 Å². The molecule has 0 fully saturated rings. The van der Waals surface area contributed by atoms with E-state index in [9.17, 15) is 0 Å². The minimum Gasteiger partial charge on any atom is -0.383 e. The molecule has 0 saturated carbocycles. The number of nitrogens with zero attached hydrogens (tertiary/aromatic N) is 1. The first-order valence-electron chi connectivity index (χ1n) is 4.23. The molecule has 0 aliphatic rings. The molecule has 0 aromatic carbocycles. The molecule has 1 rings (SSSR count). The highest BCUT2D eigenvalue weighted by atomic mass is 16.5. The van der Waals surface area contributed by atoms with Crippen LogP contribution in [0.2, 0.25) is 0 Å². The molecule has 0 amide bonds. The van der Waals surface area contributed by atoms with E-state index in [4.69, 9.17) is 12.6 Å². The molecule has 13 heavy (non-hydrogen) atoms. The van der Waals surface area contributed by atoms with Crippen molar-refractivity contribution < 1.29 is 4.74 Å². The third kappa shape index (κ3) is 4.06. The summed E-state index contributed by atoms with van der Waals surface area (Å²) in [6.07, 6.45) is 1.77. The molecule has 1 N–H and O–H groups in total. The van der Waals surface area contributed by atoms with Crippen LogP contribution in [0, 0.1) is 0 Å². The van der Waals surface area contributed by atoms with E-state index >= 15 is 0 Å². The lowest BCUT2D eigenvalue weighted by Crippen LogP contribution is -2.19. The lowest BCUT2D eigenvalue weighted by atomic mass is 10.0. The largest absolute Gasteiger partial charge is 0.383 e. The first kappa shape index (κ1) is 10.2. The zero-order valence-corrected chi connectivity index (χ0v) is 7.79. The lowest BCUT2D eigenvalue weighted by Gasteiger charge is -2.03. The van der Waals surface area contributed by atoms with Crippen molar-refractivity contribution in [2.75, 3.05) is 20.3 Å². The molecule has 0 spiro atoms. The van der Waals surface area contributed by atoms with Gasteiger partial charge in [0.25, 0.3) is 0 Å². The predicted molar refractivity (Wildman–Crippen MR) is 53.2 cm³/mol. The van der Waals surface area contributed by atoms with Gasteiger partial charge in [-0.25, -0.2) is 0 Å². The van der Waals surface area contributed by atoms with Gasteiger partial charge >= 0.3 is 0 Å². The van der Waals surface area contributed by atoms with Crippen LogP contribution >= 0.6 is 0 Å². The van der Waals surface area contributed by atoms with Gasteiger partial charge in [-0.1, -0.05) is 12.1 Å². The first-order chi connectivity index (χ1) is 6.33. The van der Waals surface area contributed by atoms with Crippen molar-refractivity contribution >= 4 is 13.4 Å². The summed E-state index contributed by atoms with van der Waals surface area (Å²) in [7, 11) is 7.14. The van der Waals surface area contributed by atoms with Gasteiger partial charge in [-0.3, -0.25) is 4.98 Å². The molecule has 1 heterocycles. The van der Waals surface area contributed by atoms with Crippen molar-refractivity contribution in [3.8, 4) is 0 Å². The molecule has 0 atom stereocenters. The molecular formula is C9H13BN2O. The Morgan fingerprint density at radius 1 is 1.54 bits per heavy atom. The van der Waals surface area contributed by atoms with E-state index in [2.05, 4.69) is 10.3 Å². The number of ether oxygens (including phenoxy) is 1. The predicted octanol–water partition coefficient (Wildman–Crippen LogP) is -0.389. The van der Waals surface area contributed by atoms with Crippen LogP contribution < -0.4 is 10.9 Å². The molecule has 0 unspecified atom stereocenters. The number of nitrogens with one attached hydrogen (secondary N) is 1. The number of aromatic nitrogens is 1. The summed E-state index contributed by atoms with van der Waals surface area (Å²) in [6.45, 7) is 2.37. The number of hydrogen-bond donors (Lipinski definition) is 1. The van der Waals surface area contributed by atoms with Gasteiger partial charge in [-0.05, 0) is 11.2 Å². The first-order valence-corrected chi connectivity index (χ1v) is 4.23. The molecule has 2 radical (unpaired) electrons. The molecule has 4 heteroatoms. The van der Waals surface area contributed by atoms with Crippen LogP contribution in [0.15, 0.2) is 18.3 Å². The molecule has 0 aliphatic carbocycles. The van der Waals surface area contributed by atoms with E-state index in [1.807, 2.05) is 6.07 Å². The normalized spacial score (nSPS) is 10.2. The second-order valence-electron chi connectivity index (χ2n) is 2.76. The maximum Gasteiger partial charge on any atom is 0.141 e. The van der Waals surface area contributed by atoms with Gasteiger partial charge in [0.15, 0.2) is 0 Å². The Hall–Kier alpha value is -0.865. The Labute approximate surface area is 79.9 Å². The third-order valence-corrected chi connectivity index (χ3v) is 1.66. The van der Waals surface area contributed by atoms with Crippen LogP contribution in [0.25, 0.3) is 0 Å². The highest BCUT2D eigenvalue weighted by Gasteiger charge is 1.91. The molecule has 1 aromatic rings. The Morgan fingerprint density at radius 3 is 3.00 bits per heavy atom. The Kier molecular flexibility index (Phi) is 4.50. The van der Waals surface area contributed by atoms with Gasteiger partial charge in [0, 0.05) is 26.4 Å². The smallest absolute Gasteiger partial charge is 0.141 e. The molecular weight excluding hydrogens is 163 g/mol. The fourth-order valence-corrected chi connectivity index (χ4v) is 0.947. The Balaban J connectivity index is 2.25. The van der Waals surface area contributed by atoms with E-state index in [1.165, 1.54) is 0 Å². The quantitative estimate of drug-likeness (QED) is 0.490. The second-order valence-corrected chi connectivity index (χ2v) is 2.76. The minimum absolute atomic E-state index is 0.556. The van der Waals surface area contributed by atoms with Crippen LogP contribution in [0.1, 0.15) is 5.56 Å². The zero-order chi connectivity index (χ0) is 9.52. The highest BCUT2D eigenvalue weighted by Crippen LogP contribution is 1.92. The van der Waals surface area contributed by atoms with Crippen molar-refractivity contribution in [2.45, 2.75) is 6.54 Å². The van der Waals surface area contributed by atoms with Crippen LogP contribution in [0.3, 0.4) is 0 Å². The maximum atomic E-state index is 5.45. The van der Waals surface area contributed by atoms with Crippen LogP contribution in [0.4, 0.5) is 0 Å². The molecule has 0 bridgehead atoms. The molecule has 68 valence electrons. The van der Waals surface area contributed by atoms with Gasteiger partial charge in [-0.15, -0.1) is 0 Å². The highest BCUT2D eigenvalue weighted by molar-refractivity contribution is 6.30. The standard InChI is InChI=1S/C9H13BN2O/c1-13-5-4-11-6-8-2-3-9(10)12-7-8/h2-3,7,11H,4-6H2,1H3. The summed E-state index contributed by atoms with van der Waals surface area (Å²) in [5.74, 6) is 0. The number of rotatable bonds is 5. The average Bonchev–Trinajstić information content (AvgIpc) is 2.15. The van der Waals surface area contributed by atoms with Crippen LogP contribution in [0.5, 0.6) is 0 Å². The lowest BCUT2D eigenvalue weighted by molar-refractivity contribution is 0.199. The molecule has 1 aromatic heterocycles. The van der Waals surface area contributed by atoms with Gasteiger partial charge in [0.1, 0.15) is 7.85 Å². The van der Waals surface area contributed by atoms with Gasteiger partial charge in [0.05, 0.1) is 6.61 Å². The van der Waals surface area contributed by atoms with E-state index in [-0.39, 0.29) is 0 Å². The van der Waals surface area contributed by atoms with Crippen molar-refractivity contribution in [1.82, 2.24) is 10.3 Å². The average molecular weight is 176 g/mol. The fourth-order valence-electron chi connectivity index (χ4n) is 0.947. The number of hydrogen-bond acceptors (Lipinski definition) is 3. The topological polar surface area (TPSA) is 34.1 Å². The molecule has 3 nitrogen and oxygen atoms in total. The van der Waals surface area contributed by atoms with Crippen molar-refractivity contribution in [2.24, 2.45) is 0 Å². The fraction of sp³-hybridized carbons (Fsp3) is 0.444. The summed E-state index contributed by atoms with van der Waals surface area (Å²) in [5, 5.41) is 3.22. The van der Waals surface area contributed by atoms with Gasteiger partial charge in [-0.2, -0.15) is 0 Å². The summed E-state index contributed by atoms with van der Waals surface area (Å²) < 4.78 is 4.90. The maximum absolute atomic E-state index is 5.45. The summed E-state index contributed by atoms with van der Waals surface area (Å²) in [6, 6.07) is 3.76. The summed E-state index contributed by atoms with van der Waals surface area (Å²) in [5.41, 5.74) is 1.69. The zero-order valence-electron chi connectivity index (χ0n) is 7.79. The van der Waals surface area contributed by atoms with Gasteiger partial charge in [0.2, 0.25) is 0 Å².